The molecule has 0 aromatic rings. The van der Waals surface area contributed by atoms with Gasteiger partial charge in [-0.15, -0.1) is 23.5 Å². The molecule has 0 rings (SSSR count). The molecule has 0 fully saturated rings. The van der Waals surface area contributed by atoms with E-state index in [4.69, 9.17) is 9.05 Å². The molecule has 0 aromatic carbocycles. The minimum absolute atomic E-state index is 0.319. The lowest BCUT2D eigenvalue weighted by atomic mass is 10.7. The fourth-order valence-electron chi connectivity index (χ4n) is 1.15. The Bertz CT molecular complexity index is 243. The topological polar surface area (TPSA) is 35.5 Å². The summed E-state index contributed by atoms with van der Waals surface area (Å²) >= 11 is 3.64. The molecule has 0 radical (unpaired) electrons. The van der Waals surface area contributed by atoms with E-state index in [-0.39, 0.29) is 0 Å². The number of hydrogen-bond acceptors (Lipinski definition) is 5. The molecule has 0 aliphatic rings. The Hall–Kier alpha value is 0.590. The highest BCUT2D eigenvalue weighted by Crippen LogP contribution is 2.50. The summed E-state index contributed by atoms with van der Waals surface area (Å²) in [5.74, 6) is 3.68. The van der Waals surface area contributed by atoms with Crippen LogP contribution in [0.25, 0.3) is 0 Å². The van der Waals surface area contributed by atoms with Crippen molar-refractivity contribution in [2.75, 3.05) is 24.7 Å². The van der Waals surface area contributed by atoms with Gasteiger partial charge in [-0.3, -0.25) is 4.57 Å². The first-order chi connectivity index (χ1) is 8.11. The molecule has 0 N–H and O–H groups in total. The molecule has 0 saturated heterocycles. The normalized spacial score (nSPS) is 12.8. The first kappa shape index (κ1) is 17.6. The van der Waals surface area contributed by atoms with Crippen LogP contribution in [0.1, 0.15) is 27.7 Å². The molecule has 3 nitrogen and oxygen atoms in total. The van der Waals surface area contributed by atoms with Gasteiger partial charge in [0.15, 0.2) is 0 Å². The van der Waals surface area contributed by atoms with Crippen LogP contribution in [0.5, 0.6) is 0 Å². The Morgan fingerprint density at radius 1 is 1.06 bits per heavy atom. The molecule has 0 aliphatic heterocycles. The van der Waals surface area contributed by atoms with Gasteiger partial charge in [-0.2, -0.15) is 0 Å². The zero-order valence-electron chi connectivity index (χ0n) is 11.0. The Morgan fingerprint density at radius 3 is 1.88 bits per heavy atom. The summed E-state index contributed by atoms with van der Waals surface area (Å²) in [5, 5.41) is 0. The lowest BCUT2D eigenvalue weighted by molar-refractivity contribution is 0.229. The SMILES string of the molecule is CCOP(=O)(/C=C/C(SCC)SCC)OCC. The van der Waals surface area contributed by atoms with E-state index in [1.54, 1.807) is 5.82 Å². The van der Waals surface area contributed by atoms with Gasteiger partial charge in [-0.1, -0.05) is 19.9 Å². The highest BCUT2D eigenvalue weighted by Gasteiger charge is 2.19. The van der Waals surface area contributed by atoms with Crippen molar-refractivity contribution in [2.24, 2.45) is 0 Å². The van der Waals surface area contributed by atoms with Crippen LogP contribution in [0.3, 0.4) is 0 Å². The summed E-state index contributed by atoms with van der Waals surface area (Å²) in [5.41, 5.74) is 0. The van der Waals surface area contributed by atoms with Crippen LogP contribution >= 0.6 is 31.1 Å². The Kier molecular flexibility index (Phi) is 10.9. The molecule has 0 atom stereocenters. The second kappa shape index (κ2) is 10.5. The minimum atomic E-state index is -3.03. The van der Waals surface area contributed by atoms with Crippen molar-refractivity contribution in [3.05, 3.63) is 11.9 Å². The quantitative estimate of drug-likeness (QED) is 0.435. The second-order valence-electron chi connectivity index (χ2n) is 3.00. The van der Waals surface area contributed by atoms with Crippen LogP contribution in [0, 0.1) is 0 Å². The molecule has 0 aromatic heterocycles. The van der Waals surface area contributed by atoms with Crippen LogP contribution in [0.2, 0.25) is 0 Å². The molecule has 0 bridgehead atoms. The highest BCUT2D eigenvalue weighted by atomic mass is 32.2. The summed E-state index contributed by atoms with van der Waals surface area (Å²) in [6, 6.07) is 0. The van der Waals surface area contributed by atoms with Crippen molar-refractivity contribution in [3.8, 4) is 0 Å². The average molecular weight is 298 g/mol. The van der Waals surface area contributed by atoms with Gasteiger partial charge in [0.05, 0.1) is 17.8 Å². The molecule has 0 unspecified atom stereocenters. The van der Waals surface area contributed by atoms with Crippen LogP contribution in [0.15, 0.2) is 11.9 Å². The molecule has 0 amide bonds. The fraction of sp³-hybridized carbons (Fsp3) is 0.818. The van der Waals surface area contributed by atoms with Crippen molar-refractivity contribution >= 4 is 31.1 Å². The van der Waals surface area contributed by atoms with E-state index >= 15 is 0 Å². The van der Waals surface area contributed by atoms with Crippen molar-refractivity contribution in [3.63, 3.8) is 0 Å². The van der Waals surface area contributed by atoms with Crippen LogP contribution < -0.4 is 0 Å². The molecule has 6 heteroatoms. The monoisotopic (exact) mass is 298 g/mol. The molecular weight excluding hydrogens is 275 g/mol. The molecule has 0 aliphatic carbocycles. The Balaban J connectivity index is 4.52. The maximum absolute atomic E-state index is 12.2. The largest absolute Gasteiger partial charge is 0.353 e. The van der Waals surface area contributed by atoms with E-state index in [9.17, 15) is 4.57 Å². The molecule has 102 valence electrons. The lowest BCUT2D eigenvalue weighted by Gasteiger charge is -2.14. The van der Waals surface area contributed by atoms with E-state index in [2.05, 4.69) is 13.8 Å². The third-order valence-corrected chi connectivity index (χ3v) is 5.93. The van der Waals surface area contributed by atoms with Gasteiger partial charge in [0.25, 0.3) is 0 Å². The Labute approximate surface area is 114 Å². The van der Waals surface area contributed by atoms with E-state index in [1.807, 2.05) is 43.4 Å². The van der Waals surface area contributed by atoms with E-state index in [0.29, 0.717) is 17.8 Å². The van der Waals surface area contributed by atoms with Crippen molar-refractivity contribution in [1.82, 2.24) is 0 Å². The smallest absolute Gasteiger partial charge is 0.306 e. The number of hydrogen-bond donors (Lipinski definition) is 0. The predicted molar refractivity (Wildman–Crippen MR) is 80.1 cm³/mol. The Morgan fingerprint density at radius 2 is 1.53 bits per heavy atom. The first-order valence-electron chi connectivity index (χ1n) is 5.93. The summed E-state index contributed by atoms with van der Waals surface area (Å²) in [6.07, 6.45) is 1.94. The summed E-state index contributed by atoms with van der Waals surface area (Å²) < 4.78 is 22.9. The van der Waals surface area contributed by atoms with E-state index < -0.39 is 7.60 Å². The summed E-state index contributed by atoms with van der Waals surface area (Å²) in [7, 11) is -3.03. The molecule has 0 spiro atoms. The van der Waals surface area contributed by atoms with Gasteiger partial charge in [0.1, 0.15) is 0 Å². The first-order valence-corrected chi connectivity index (χ1v) is 9.64. The summed E-state index contributed by atoms with van der Waals surface area (Å²) in [6.45, 7) is 8.66. The maximum Gasteiger partial charge on any atom is 0.353 e. The van der Waals surface area contributed by atoms with Gasteiger partial charge in [0, 0.05) is 5.82 Å². The predicted octanol–water partition coefficient (Wildman–Crippen LogP) is 4.60. The lowest BCUT2D eigenvalue weighted by Crippen LogP contribution is -1.96. The van der Waals surface area contributed by atoms with Gasteiger partial charge in [-0.25, -0.2) is 0 Å². The maximum atomic E-state index is 12.2. The third-order valence-electron chi connectivity index (χ3n) is 1.71. The second-order valence-corrected chi connectivity index (χ2v) is 8.03. The van der Waals surface area contributed by atoms with Gasteiger partial charge in [0.2, 0.25) is 0 Å². The van der Waals surface area contributed by atoms with Crippen molar-refractivity contribution < 1.29 is 13.6 Å². The average Bonchev–Trinajstić information content (AvgIpc) is 2.27. The standard InChI is InChI=1S/C11H23O3PS2/c1-5-13-15(12,14-6-2)10-9-11(16-7-3)17-8-4/h9-11H,5-8H2,1-4H3/b10-9+. The van der Waals surface area contributed by atoms with E-state index in [0.717, 1.165) is 11.5 Å². The molecular formula is C11H23O3PS2. The molecule has 0 heterocycles. The van der Waals surface area contributed by atoms with Gasteiger partial charge >= 0.3 is 7.60 Å². The van der Waals surface area contributed by atoms with Crippen molar-refractivity contribution in [1.29, 1.82) is 0 Å². The van der Waals surface area contributed by atoms with Crippen LogP contribution in [-0.4, -0.2) is 29.3 Å². The summed E-state index contributed by atoms with van der Waals surface area (Å²) in [4.78, 5) is 0. The highest BCUT2D eigenvalue weighted by molar-refractivity contribution is 8.17. The third kappa shape index (κ3) is 8.33. The fourth-order valence-corrected chi connectivity index (χ4v) is 4.97. The van der Waals surface area contributed by atoms with Gasteiger partial charge in [-0.05, 0) is 25.4 Å². The molecule has 0 saturated carbocycles. The van der Waals surface area contributed by atoms with Gasteiger partial charge < -0.3 is 9.05 Å². The zero-order valence-corrected chi connectivity index (χ0v) is 13.6. The minimum Gasteiger partial charge on any atom is -0.306 e. The molecule has 17 heavy (non-hydrogen) atoms. The van der Waals surface area contributed by atoms with Crippen molar-refractivity contribution in [2.45, 2.75) is 32.3 Å². The zero-order chi connectivity index (χ0) is 13.1. The number of thioether (sulfide) groups is 2. The number of rotatable bonds is 10. The van der Waals surface area contributed by atoms with E-state index in [1.165, 1.54) is 0 Å². The van der Waals surface area contributed by atoms with Crippen LogP contribution in [-0.2, 0) is 13.6 Å². The van der Waals surface area contributed by atoms with Crippen LogP contribution in [0.4, 0.5) is 0 Å².